The molecule has 0 aliphatic rings. The van der Waals surface area contributed by atoms with Crippen LogP contribution in [-0.2, 0) is 6.54 Å². The molecule has 0 atom stereocenters. The molecule has 0 saturated heterocycles. The van der Waals surface area contributed by atoms with E-state index in [2.05, 4.69) is 20.5 Å². The van der Waals surface area contributed by atoms with Gasteiger partial charge in [-0.3, -0.25) is 9.59 Å². The van der Waals surface area contributed by atoms with Crippen molar-refractivity contribution in [3.8, 4) is 22.4 Å². The maximum Gasteiger partial charge on any atom is 0.277 e. The van der Waals surface area contributed by atoms with Crippen molar-refractivity contribution in [3.63, 3.8) is 0 Å². The molecule has 7 nitrogen and oxygen atoms in total. The molecule has 30 heavy (non-hydrogen) atoms. The number of nitrogens with one attached hydrogen (secondary N) is 2. The van der Waals surface area contributed by atoms with Crippen LogP contribution in [0.3, 0.4) is 0 Å². The first-order valence-electron chi connectivity index (χ1n) is 9.71. The van der Waals surface area contributed by atoms with Crippen LogP contribution in [0.25, 0.3) is 22.4 Å². The third-order valence-electron chi connectivity index (χ3n) is 4.76. The smallest absolute Gasteiger partial charge is 0.277 e. The minimum atomic E-state index is -0.513. The standard InChI is InChI=1S/C23H21N5O2/c29-22(25-12-7-14-28-15-13-24-16-28)20-19(17-8-3-1-4-9-17)21(26-27-23(20)30)18-10-5-2-6-11-18/h1-6,8-11,13,15-16H,7,12,14H2,(H,25,29)(H,27,30). The Hall–Kier alpha value is -4.00. The number of aromatic nitrogens is 4. The Morgan fingerprint density at radius 2 is 1.70 bits per heavy atom. The largest absolute Gasteiger partial charge is 0.352 e. The topological polar surface area (TPSA) is 92.7 Å². The Labute approximate surface area is 173 Å². The zero-order valence-electron chi connectivity index (χ0n) is 16.3. The number of H-pyrrole nitrogens is 1. The summed E-state index contributed by atoms with van der Waals surface area (Å²) in [5, 5.41) is 9.63. The SMILES string of the molecule is O=C(NCCCn1ccnc1)c1c(-c2ccccc2)c(-c2ccccc2)n[nH]c1=O. The van der Waals surface area contributed by atoms with Crippen molar-refractivity contribution >= 4 is 5.91 Å². The molecule has 2 heterocycles. The van der Waals surface area contributed by atoms with Gasteiger partial charge >= 0.3 is 0 Å². The number of imidazole rings is 1. The van der Waals surface area contributed by atoms with Crippen LogP contribution in [0.5, 0.6) is 0 Å². The Kier molecular flexibility index (Phi) is 5.80. The second kappa shape index (κ2) is 9.00. The van der Waals surface area contributed by atoms with Gasteiger partial charge in [0.15, 0.2) is 0 Å². The molecule has 7 heteroatoms. The van der Waals surface area contributed by atoms with Gasteiger partial charge in [-0.2, -0.15) is 5.10 Å². The number of benzene rings is 2. The highest BCUT2D eigenvalue weighted by Gasteiger charge is 2.22. The summed E-state index contributed by atoms with van der Waals surface area (Å²) in [5.74, 6) is -0.416. The molecule has 0 unspecified atom stereocenters. The molecule has 4 rings (SSSR count). The summed E-state index contributed by atoms with van der Waals surface area (Å²) in [4.78, 5) is 29.7. The van der Waals surface area contributed by atoms with Crippen molar-refractivity contribution in [1.82, 2.24) is 25.1 Å². The summed E-state index contributed by atoms with van der Waals surface area (Å²) in [5.41, 5.74) is 2.22. The molecule has 2 N–H and O–H groups in total. The lowest BCUT2D eigenvalue weighted by Crippen LogP contribution is -2.32. The summed E-state index contributed by atoms with van der Waals surface area (Å²) in [6.45, 7) is 1.17. The molecule has 0 radical (unpaired) electrons. The maximum absolute atomic E-state index is 13.0. The van der Waals surface area contributed by atoms with Crippen molar-refractivity contribution < 1.29 is 4.79 Å². The van der Waals surface area contributed by atoms with Gasteiger partial charge in [0.05, 0.1) is 12.0 Å². The van der Waals surface area contributed by atoms with Gasteiger partial charge in [-0.05, 0) is 12.0 Å². The first-order valence-corrected chi connectivity index (χ1v) is 9.71. The monoisotopic (exact) mass is 399 g/mol. The quantitative estimate of drug-likeness (QED) is 0.467. The van der Waals surface area contributed by atoms with Gasteiger partial charge < -0.3 is 9.88 Å². The van der Waals surface area contributed by atoms with Crippen molar-refractivity contribution in [2.24, 2.45) is 0 Å². The molecule has 1 amide bonds. The lowest BCUT2D eigenvalue weighted by molar-refractivity contribution is 0.0951. The molecular weight excluding hydrogens is 378 g/mol. The summed E-state index contributed by atoms with van der Waals surface area (Å²) in [6, 6.07) is 18.9. The molecule has 0 saturated carbocycles. The predicted molar refractivity (Wildman–Crippen MR) is 115 cm³/mol. The van der Waals surface area contributed by atoms with E-state index in [1.807, 2.05) is 71.4 Å². The van der Waals surface area contributed by atoms with Crippen LogP contribution >= 0.6 is 0 Å². The third kappa shape index (κ3) is 4.20. The number of hydrogen-bond donors (Lipinski definition) is 2. The van der Waals surface area contributed by atoms with Gasteiger partial charge in [-0.15, -0.1) is 0 Å². The van der Waals surface area contributed by atoms with Crippen LogP contribution in [0.1, 0.15) is 16.8 Å². The highest BCUT2D eigenvalue weighted by atomic mass is 16.2. The Morgan fingerprint density at radius 1 is 1.00 bits per heavy atom. The maximum atomic E-state index is 13.0. The first kappa shape index (κ1) is 19.3. The van der Waals surface area contributed by atoms with E-state index in [0.717, 1.165) is 24.1 Å². The van der Waals surface area contributed by atoms with Crippen molar-refractivity contribution in [2.45, 2.75) is 13.0 Å². The lowest BCUT2D eigenvalue weighted by Gasteiger charge is -2.14. The second-order valence-electron chi connectivity index (χ2n) is 6.79. The van der Waals surface area contributed by atoms with Crippen LogP contribution in [0.4, 0.5) is 0 Å². The molecule has 2 aromatic heterocycles. The minimum absolute atomic E-state index is 0.0673. The fraction of sp³-hybridized carbons (Fsp3) is 0.130. The van der Waals surface area contributed by atoms with Gasteiger partial charge in [0.25, 0.3) is 11.5 Å². The number of hydrogen-bond acceptors (Lipinski definition) is 4. The number of nitrogens with zero attached hydrogens (tertiary/aromatic N) is 3. The third-order valence-corrected chi connectivity index (χ3v) is 4.76. The van der Waals surface area contributed by atoms with E-state index in [0.29, 0.717) is 17.8 Å². The molecular formula is C23H21N5O2. The van der Waals surface area contributed by atoms with Gasteiger partial charge in [0, 0.05) is 36.6 Å². The number of rotatable bonds is 7. The van der Waals surface area contributed by atoms with E-state index < -0.39 is 11.5 Å². The molecule has 0 spiro atoms. The van der Waals surface area contributed by atoms with Crippen LogP contribution < -0.4 is 10.9 Å². The summed E-state index contributed by atoms with van der Waals surface area (Å²) < 4.78 is 1.94. The average Bonchev–Trinajstić information content (AvgIpc) is 3.31. The lowest BCUT2D eigenvalue weighted by atomic mass is 9.95. The Balaban J connectivity index is 1.67. The van der Waals surface area contributed by atoms with E-state index >= 15 is 0 Å². The number of carbonyl (C=O) groups is 1. The summed E-state index contributed by atoms with van der Waals surface area (Å²) in [7, 11) is 0. The van der Waals surface area contributed by atoms with E-state index in [-0.39, 0.29) is 5.56 Å². The molecule has 4 aromatic rings. The van der Waals surface area contributed by atoms with Crippen molar-refractivity contribution in [2.75, 3.05) is 6.54 Å². The predicted octanol–water partition coefficient (Wildman–Crippen LogP) is 3.12. The van der Waals surface area contributed by atoms with Crippen LogP contribution in [-0.4, -0.2) is 32.2 Å². The Morgan fingerprint density at radius 3 is 2.37 bits per heavy atom. The highest BCUT2D eigenvalue weighted by Crippen LogP contribution is 2.31. The van der Waals surface area contributed by atoms with E-state index in [1.54, 1.807) is 12.5 Å². The molecule has 0 aliphatic heterocycles. The fourth-order valence-electron chi connectivity index (χ4n) is 3.33. The van der Waals surface area contributed by atoms with Gasteiger partial charge in [-0.25, -0.2) is 10.1 Å². The molecule has 150 valence electrons. The van der Waals surface area contributed by atoms with E-state index in [9.17, 15) is 9.59 Å². The zero-order valence-corrected chi connectivity index (χ0v) is 16.3. The average molecular weight is 399 g/mol. The number of amides is 1. The van der Waals surface area contributed by atoms with Crippen LogP contribution in [0.2, 0.25) is 0 Å². The van der Waals surface area contributed by atoms with Gasteiger partial charge in [-0.1, -0.05) is 60.7 Å². The van der Waals surface area contributed by atoms with Crippen LogP contribution in [0, 0.1) is 0 Å². The summed E-state index contributed by atoms with van der Waals surface area (Å²) in [6.07, 6.45) is 6.04. The minimum Gasteiger partial charge on any atom is -0.352 e. The first-order chi connectivity index (χ1) is 14.7. The molecule has 2 aromatic carbocycles. The van der Waals surface area contributed by atoms with Crippen molar-refractivity contribution in [3.05, 3.63) is 95.3 Å². The van der Waals surface area contributed by atoms with E-state index in [1.165, 1.54) is 0 Å². The summed E-state index contributed by atoms with van der Waals surface area (Å²) >= 11 is 0. The molecule has 0 aliphatic carbocycles. The fourth-order valence-corrected chi connectivity index (χ4v) is 3.33. The van der Waals surface area contributed by atoms with Crippen molar-refractivity contribution in [1.29, 1.82) is 0 Å². The normalized spacial score (nSPS) is 10.7. The molecule has 0 bridgehead atoms. The number of aromatic amines is 1. The Bertz CT molecular complexity index is 1170. The number of carbonyl (C=O) groups excluding carboxylic acids is 1. The zero-order chi connectivity index (χ0) is 20.8. The number of aryl methyl sites for hydroxylation is 1. The van der Waals surface area contributed by atoms with Gasteiger partial charge in [0.1, 0.15) is 5.56 Å². The highest BCUT2D eigenvalue weighted by molar-refractivity contribution is 6.03. The molecule has 0 fully saturated rings. The van der Waals surface area contributed by atoms with E-state index in [4.69, 9.17) is 0 Å². The van der Waals surface area contributed by atoms with Crippen LogP contribution in [0.15, 0.2) is 84.2 Å². The van der Waals surface area contributed by atoms with Gasteiger partial charge in [0.2, 0.25) is 0 Å². The second-order valence-corrected chi connectivity index (χ2v) is 6.79.